The number of esters is 1. The fraction of sp³-hybridized carbons (Fsp3) is 0.263. The number of nitrogens with zero attached hydrogens (tertiary/aromatic N) is 1. The molecule has 1 aliphatic heterocycles. The number of thiophene rings is 1. The predicted octanol–water partition coefficient (Wildman–Crippen LogP) is 3.48. The molecule has 1 aromatic carbocycles. The van der Waals surface area contributed by atoms with Crippen LogP contribution in [0.3, 0.4) is 0 Å². The fourth-order valence-electron chi connectivity index (χ4n) is 2.75. The third kappa shape index (κ3) is 4.11. The highest BCUT2D eigenvalue weighted by atomic mass is 32.1. The summed E-state index contributed by atoms with van der Waals surface area (Å²) in [6.45, 7) is 1.89. The second-order valence-electron chi connectivity index (χ2n) is 5.82. The topological polar surface area (TPSA) is 67.9 Å². The molecular formula is C19H19FN2O4S. The molecule has 1 N–H and O–H groups in total. The Morgan fingerprint density at radius 2 is 2.04 bits per heavy atom. The minimum absolute atomic E-state index is 0.0374. The molecule has 0 radical (unpaired) electrons. The van der Waals surface area contributed by atoms with Gasteiger partial charge < -0.3 is 14.8 Å². The number of ether oxygens (including phenoxy) is 2. The van der Waals surface area contributed by atoms with Gasteiger partial charge in [0.2, 0.25) is 0 Å². The first-order valence-electron chi connectivity index (χ1n) is 8.36. The van der Waals surface area contributed by atoms with Crippen LogP contribution in [0.4, 0.5) is 9.18 Å². The van der Waals surface area contributed by atoms with Gasteiger partial charge in [-0.05, 0) is 53.6 Å². The molecule has 27 heavy (non-hydrogen) atoms. The largest absolute Gasteiger partial charge is 0.487 e. The summed E-state index contributed by atoms with van der Waals surface area (Å²) in [5.41, 5.74) is 1.51. The van der Waals surface area contributed by atoms with E-state index in [1.165, 1.54) is 40.5 Å². The fourth-order valence-corrected chi connectivity index (χ4v) is 3.44. The van der Waals surface area contributed by atoms with Crippen LogP contribution in [0.5, 0.6) is 5.75 Å². The van der Waals surface area contributed by atoms with Crippen LogP contribution in [0.15, 0.2) is 52.4 Å². The number of amides is 2. The van der Waals surface area contributed by atoms with Crippen LogP contribution in [0.1, 0.15) is 18.5 Å². The van der Waals surface area contributed by atoms with Crippen molar-refractivity contribution in [2.24, 2.45) is 0 Å². The van der Waals surface area contributed by atoms with Crippen LogP contribution in [0.2, 0.25) is 0 Å². The SMILES string of the molecule is CCOC(=O)C1=C(COc2ccc(F)cc2)N(C)C(=O)NC1c1ccsc1. The summed E-state index contributed by atoms with van der Waals surface area (Å²) < 4.78 is 24.0. The van der Waals surface area contributed by atoms with Crippen molar-refractivity contribution < 1.29 is 23.5 Å². The number of nitrogens with one attached hydrogen (secondary N) is 1. The lowest BCUT2D eigenvalue weighted by molar-refractivity contribution is -0.139. The molecule has 6 nitrogen and oxygen atoms in total. The zero-order valence-electron chi connectivity index (χ0n) is 14.9. The lowest BCUT2D eigenvalue weighted by Crippen LogP contribution is -2.48. The maximum atomic E-state index is 13.1. The van der Waals surface area contributed by atoms with Gasteiger partial charge in [-0.15, -0.1) is 0 Å². The van der Waals surface area contributed by atoms with E-state index < -0.39 is 12.0 Å². The highest BCUT2D eigenvalue weighted by Gasteiger charge is 2.37. The third-order valence-electron chi connectivity index (χ3n) is 4.14. The van der Waals surface area contributed by atoms with Gasteiger partial charge in [0.1, 0.15) is 18.2 Å². The highest BCUT2D eigenvalue weighted by molar-refractivity contribution is 7.08. The number of hydrogen-bond donors (Lipinski definition) is 1. The summed E-state index contributed by atoms with van der Waals surface area (Å²) in [7, 11) is 1.56. The van der Waals surface area contributed by atoms with Crippen LogP contribution < -0.4 is 10.1 Å². The van der Waals surface area contributed by atoms with Crippen molar-refractivity contribution in [3.05, 3.63) is 63.7 Å². The first-order valence-corrected chi connectivity index (χ1v) is 9.30. The van der Waals surface area contributed by atoms with E-state index in [-0.39, 0.29) is 25.1 Å². The molecule has 0 bridgehead atoms. The van der Waals surface area contributed by atoms with E-state index in [2.05, 4.69) is 5.32 Å². The quantitative estimate of drug-likeness (QED) is 0.767. The number of benzene rings is 1. The molecule has 2 heterocycles. The van der Waals surface area contributed by atoms with Crippen molar-refractivity contribution in [1.29, 1.82) is 0 Å². The smallest absolute Gasteiger partial charge is 0.338 e. The van der Waals surface area contributed by atoms with Gasteiger partial charge in [0.25, 0.3) is 0 Å². The zero-order valence-corrected chi connectivity index (χ0v) is 15.7. The molecule has 142 valence electrons. The first kappa shape index (κ1) is 18.9. The molecule has 0 aliphatic carbocycles. The summed E-state index contributed by atoms with van der Waals surface area (Å²) in [6, 6.07) is 6.41. The van der Waals surface area contributed by atoms with E-state index in [0.29, 0.717) is 17.0 Å². The van der Waals surface area contributed by atoms with Gasteiger partial charge in [-0.25, -0.2) is 14.0 Å². The molecule has 1 aliphatic rings. The van der Waals surface area contributed by atoms with Crippen molar-refractivity contribution in [2.45, 2.75) is 13.0 Å². The minimum Gasteiger partial charge on any atom is -0.487 e. The van der Waals surface area contributed by atoms with Crippen LogP contribution in [0, 0.1) is 5.82 Å². The van der Waals surface area contributed by atoms with Crippen molar-refractivity contribution in [1.82, 2.24) is 10.2 Å². The van der Waals surface area contributed by atoms with Gasteiger partial charge in [-0.2, -0.15) is 11.3 Å². The van der Waals surface area contributed by atoms with Crippen LogP contribution in [-0.4, -0.2) is 37.2 Å². The number of hydrogen-bond acceptors (Lipinski definition) is 5. The molecule has 1 aromatic heterocycles. The van der Waals surface area contributed by atoms with Gasteiger partial charge in [-0.1, -0.05) is 0 Å². The van der Waals surface area contributed by atoms with Crippen LogP contribution in [0.25, 0.3) is 0 Å². The predicted molar refractivity (Wildman–Crippen MR) is 98.9 cm³/mol. The molecule has 2 amide bonds. The monoisotopic (exact) mass is 390 g/mol. The Labute approximate surface area is 160 Å². The lowest BCUT2D eigenvalue weighted by atomic mass is 9.97. The Hall–Kier alpha value is -2.87. The average Bonchev–Trinajstić information content (AvgIpc) is 3.18. The van der Waals surface area contributed by atoms with Crippen LogP contribution in [-0.2, 0) is 9.53 Å². The number of rotatable bonds is 6. The van der Waals surface area contributed by atoms with E-state index >= 15 is 0 Å². The molecule has 1 atom stereocenters. The van der Waals surface area contributed by atoms with E-state index in [1.807, 2.05) is 16.8 Å². The second-order valence-corrected chi connectivity index (χ2v) is 6.60. The first-order chi connectivity index (χ1) is 13.0. The number of likely N-dealkylation sites (N-methyl/N-ethyl adjacent to an activating group) is 1. The van der Waals surface area contributed by atoms with E-state index in [9.17, 15) is 14.0 Å². The molecule has 0 fully saturated rings. The second kappa shape index (κ2) is 8.22. The molecule has 0 saturated carbocycles. The molecule has 2 aromatic rings. The standard InChI is InChI=1S/C19H19FN2O4S/c1-3-25-18(23)16-15(10-26-14-6-4-13(20)5-7-14)22(2)19(24)21-17(16)12-8-9-27-11-12/h4-9,11,17H,3,10H2,1-2H3,(H,21,24). The minimum atomic E-state index is -0.620. The number of carbonyl (C=O) groups excluding carboxylic acids is 2. The Morgan fingerprint density at radius 1 is 1.30 bits per heavy atom. The molecule has 0 saturated heterocycles. The molecular weight excluding hydrogens is 371 g/mol. The van der Waals surface area contributed by atoms with Crippen molar-refractivity contribution in [3.63, 3.8) is 0 Å². The maximum absolute atomic E-state index is 13.1. The van der Waals surface area contributed by atoms with Gasteiger partial charge in [0.15, 0.2) is 0 Å². The van der Waals surface area contributed by atoms with Gasteiger partial charge in [0.05, 0.1) is 23.9 Å². The van der Waals surface area contributed by atoms with E-state index in [1.54, 1.807) is 14.0 Å². The van der Waals surface area contributed by atoms with Crippen LogP contribution >= 0.6 is 11.3 Å². The Kier molecular flexibility index (Phi) is 5.75. The van der Waals surface area contributed by atoms with Crippen molar-refractivity contribution in [2.75, 3.05) is 20.3 Å². The van der Waals surface area contributed by atoms with E-state index in [4.69, 9.17) is 9.47 Å². The van der Waals surface area contributed by atoms with Crippen molar-refractivity contribution in [3.8, 4) is 5.75 Å². The summed E-state index contributed by atoms with van der Waals surface area (Å²) in [6.07, 6.45) is 0. The van der Waals surface area contributed by atoms with E-state index in [0.717, 1.165) is 5.56 Å². The Bertz CT molecular complexity index is 849. The number of halogens is 1. The van der Waals surface area contributed by atoms with Gasteiger partial charge >= 0.3 is 12.0 Å². The van der Waals surface area contributed by atoms with Crippen molar-refractivity contribution >= 4 is 23.3 Å². The molecule has 0 spiro atoms. The normalized spacial score (nSPS) is 16.9. The Balaban J connectivity index is 1.97. The Morgan fingerprint density at radius 3 is 2.67 bits per heavy atom. The molecule has 8 heteroatoms. The molecule has 3 rings (SSSR count). The van der Waals surface area contributed by atoms with Gasteiger partial charge in [-0.3, -0.25) is 4.90 Å². The van der Waals surface area contributed by atoms with Gasteiger partial charge in [0, 0.05) is 7.05 Å². The third-order valence-corrected chi connectivity index (χ3v) is 4.84. The lowest BCUT2D eigenvalue weighted by Gasteiger charge is -2.34. The number of carbonyl (C=O) groups is 2. The summed E-state index contributed by atoms with van der Waals surface area (Å²) in [4.78, 5) is 26.4. The number of urea groups is 1. The molecule has 1 unspecified atom stereocenters. The summed E-state index contributed by atoms with van der Waals surface area (Å²) >= 11 is 1.47. The zero-order chi connectivity index (χ0) is 19.4. The average molecular weight is 390 g/mol. The highest BCUT2D eigenvalue weighted by Crippen LogP contribution is 2.32. The summed E-state index contributed by atoms with van der Waals surface area (Å²) in [5.74, 6) is -0.461. The summed E-state index contributed by atoms with van der Waals surface area (Å²) in [5, 5.41) is 6.56. The maximum Gasteiger partial charge on any atom is 0.338 e.